The number of anilines is 1. The lowest BCUT2D eigenvalue weighted by Gasteiger charge is -2.14. The predicted molar refractivity (Wildman–Crippen MR) is 130 cm³/mol. The van der Waals surface area contributed by atoms with E-state index in [2.05, 4.69) is 12.2 Å². The molecule has 162 valence electrons. The molecule has 4 rings (SSSR count). The standard InChI is InChI=1S/C25H21Cl2N3O2/c1-2-4-23-29-22-12-11-20(28-24(31)17-7-9-18(26)10-8-17)14-21(22)25(32)30(23)15-16-5-3-6-19(27)13-16/h3,5-14H,2,4,15H2,1H3,(H,28,31). The monoisotopic (exact) mass is 465 g/mol. The van der Waals surface area contributed by atoms with Gasteiger partial charge in [-0.3, -0.25) is 14.2 Å². The molecule has 0 unspecified atom stereocenters. The molecule has 32 heavy (non-hydrogen) atoms. The number of nitrogens with one attached hydrogen (secondary N) is 1. The third-order valence-electron chi connectivity index (χ3n) is 5.10. The maximum absolute atomic E-state index is 13.4. The van der Waals surface area contributed by atoms with Crippen molar-refractivity contribution in [2.24, 2.45) is 0 Å². The average molecular weight is 466 g/mol. The summed E-state index contributed by atoms with van der Waals surface area (Å²) in [4.78, 5) is 30.7. The molecule has 4 aromatic rings. The van der Waals surface area contributed by atoms with Crippen molar-refractivity contribution in [1.29, 1.82) is 0 Å². The van der Waals surface area contributed by atoms with Crippen molar-refractivity contribution in [3.8, 4) is 0 Å². The van der Waals surface area contributed by atoms with E-state index < -0.39 is 0 Å². The fourth-order valence-electron chi connectivity index (χ4n) is 3.54. The summed E-state index contributed by atoms with van der Waals surface area (Å²) in [6.45, 7) is 2.43. The van der Waals surface area contributed by atoms with Crippen LogP contribution < -0.4 is 10.9 Å². The summed E-state index contributed by atoms with van der Waals surface area (Å²) in [6, 6.07) is 19.2. The van der Waals surface area contributed by atoms with Crippen LogP contribution in [0.5, 0.6) is 0 Å². The molecule has 0 aliphatic heterocycles. The van der Waals surface area contributed by atoms with Gasteiger partial charge in [0.1, 0.15) is 5.82 Å². The third-order valence-corrected chi connectivity index (χ3v) is 5.59. The first-order chi connectivity index (χ1) is 15.4. The molecule has 0 radical (unpaired) electrons. The number of amides is 1. The lowest BCUT2D eigenvalue weighted by Crippen LogP contribution is -2.26. The number of fused-ring (bicyclic) bond motifs is 1. The van der Waals surface area contributed by atoms with Crippen LogP contribution in [-0.4, -0.2) is 15.5 Å². The number of benzene rings is 3. The second-order valence-electron chi connectivity index (χ2n) is 7.49. The second-order valence-corrected chi connectivity index (χ2v) is 8.37. The van der Waals surface area contributed by atoms with Crippen molar-refractivity contribution in [3.05, 3.63) is 104 Å². The Bertz CT molecular complexity index is 1350. The number of rotatable bonds is 6. The minimum Gasteiger partial charge on any atom is -0.322 e. The number of hydrogen-bond acceptors (Lipinski definition) is 3. The van der Waals surface area contributed by atoms with Crippen LogP contribution in [0.2, 0.25) is 10.0 Å². The van der Waals surface area contributed by atoms with E-state index in [9.17, 15) is 9.59 Å². The highest BCUT2D eigenvalue weighted by atomic mass is 35.5. The van der Waals surface area contributed by atoms with Crippen molar-refractivity contribution in [2.45, 2.75) is 26.3 Å². The van der Waals surface area contributed by atoms with Crippen molar-refractivity contribution in [3.63, 3.8) is 0 Å². The van der Waals surface area contributed by atoms with Gasteiger partial charge in [0.2, 0.25) is 0 Å². The zero-order valence-corrected chi connectivity index (χ0v) is 19.0. The lowest BCUT2D eigenvalue weighted by atomic mass is 10.1. The largest absolute Gasteiger partial charge is 0.322 e. The molecular weight excluding hydrogens is 445 g/mol. The van der Waals surface area contributed by atoms with Crippen LogP contribution in [0, 0.1) is 0 Å². The third kappa shape index (κ3) is 4.85. The molecule has 5 nitrogen and oxygen atoms in total. The summed E-state index contributed by atoms with van der Waals surface area (Å²) in [7, 11) is 0. The molecule has 0 bridgehead atoms. The van der Waals surface area contributed by atoms with E-state index in [1.165, 1.54) is 0 Å². The zero-order valence-electron chi connectivity index (χ0n) is 17.4. The van der Waals surface area contributed by atoms with Crippen LogP contribution in [0.3, 0.4) is 0 Å². The zero-order chi connectivity index (χ0) is 22.7. The highest BCUT2D eigenvalue weighted by Crippen LogP contribution is 2.19. The van der Waals surface area contributed by atoms with Gasteiger partial charge in [-0.15, -0.1) is 0 Å². The molecule has 0 aliphatic carbocycles. The van der Waals surface area contributed by atoms with Crippen molar-refractivity contribution < 1.29 is 4.79 Å². The molecule has 0 aliphatic rings. The van der Waals surface area contributed by atoms with E-state index in [1.54, 1.807) is 53.1 Å². The Morgan fingerprint density at radius 2 is 1.78 bits per heavy atom. The SMILES string of the molecule is CCCc1nc2ccc(NC(=O)c3ccc(Cl)cc3)cc2c(=O)n1Cc1cccc(Cl)c1. The fraction of sp³-hybridized carbons (Fsp3) is 0.160. The molecule has 0 atom stereocenters. The molecule has 0 saturated carbocycles. The Balaban J connectivity index is 1.72. The van der Waals surface area contributed by atoms with Crippen LogP contribution in [-0.2, 0) is 13.0 Å². The van der Waals surface area contributed by atoms with Gasteiger partial charge < -0.3 is 5.32 Å². The van der Waals surface area contributed by atoms with E-state index in [-0.39, 0.29) is 11.5 Å². The average Bonchev–Trinajstić information content (AvgIpc) is 2.77. The van der Waals surface area contributed by atoms with Crippen LogP contribution >= 0.6 is 23.2 Å². The Kier molecular flexibility index (Phi) is 6.58. The Labute approximate surface area is 195 Å². The van der Waals surface area contributed by atoms with Gasteiger partial charge in [0.15, 0.2) is 0 Å². The minimum atomic E-state index is -0.282. The normalized spacial score (nSPS) is 11.0. The summed E-state index contributed by atoms with van der Waals surface area (Å²) in [6.07, 6.45) is 1.55. The van der Waals surface area contributed by atoms with Crippen molar-refractivity contribution in [1.82, 2.24) is 9.55 Å². The molecule has 1 amide bonds. The molecule has 7 heteroatoms. The van der Waals surface area contributed by atoms with Gasteiger partial charge >= 0.3 is 0 Å². The summed E-state index contributed by atoms with van der Waals surface area (Å²) in [5, 5.41) is 4.46. The van der Waals surface area contributed by atoms with Crippen molar-refractivity contribution in [2.75, 3.05) is 5.32 Å². The first-order valence-electron chi connectivity index (χ1n) is 10.3. The number of aromatic nitrogens is 2. The molecule has 1 N–H and O–H groups in total. The van der Waals surface area contributed by atoms with Crippen LogP contribution in [0.1, 0.15) is 35.1 Å². The van der Waals surface area contributed by atoms with Crippen LogP contribution in [0.15, 0.2) is 71.5 Å². The Morgan fingerprint density at radius 3 is 2.50 bits per heavy atom. The number of nitrogens with zero attached hydrogens (tertiary/aromatic N) is 2. The maximum Gasteiger partial charge on any atom is 0.261 e. The molecule has 1 heterocycles. The van der Waals surface area contributed by atoms with Gasteiger partial charge in [-0.05, 0) is 66.6 Å². The van der Waals surface area contributed by atoms with E-state index >= 15 is 0 Å². The van der Waals surface area contributed by atoms with E-state index in [0.29, 0.717) is 45.2 Å². The number of aryl methyl sites for hydroxylation is 1. The second kappa shape index (κ2) is 9.55. The van der Waals surface area contributed by atoms with Crippen molar-refractivity contribution >= 4 is 45.7 Å². The summed E-state index contributed by atoms with van der Waals surface area (Å²) in [5.41, 5.74) is 2.37. The van der Waals surface area contributed by atoms with E-state index in [4.69, 9.17) is 28.2 Å². The smallest absolute Gasteiger partial charge is 0.261 e. The van der Waals surface area contributed by atoms with Crippen LogP contribution in [0.25, 0.3) is 10.9 Å². The fourth-order valence-corrected chi connectivity index (χ4v) is 3.88. The van der Waals surface area contributed by atoms with Crippen LogP contribution in [0.4, 0.5) is 5.69 Å². The molecular formula is C25H21Cl2N3O2. The number of carbonyl (C=O) groups is 1. The highest BCUT2D eigenvalue weighted by Gasteiger charge is 2.13. The lowest BCUT2D eigenvalue weighted by molar-refractivity contribution is 0.102. The Hall–Kier alpha value is -3.15. The quantitative estimate of drug-likeness (QED) is 0.382. The van der Waals surface area contributed by atoms with Gasteiger partial charge in [0, 0.05) is 27.7 Å². The predicted octanol–water partition coefficient (Wildman–Crippen LogP) is 5.96. The molecule has 0 spiro atoms. The summed E-state index contributed by atoms with van der Waals surface area (Å²) in [5.74, 6) is 0.443. The summed E-state index contributed by atoms with van der Waals surface area (Å²) >= 11 is 12.0. The van der Waals surface area contributed by atoms with E-state index in [1.807, 2.05) is 18.2 Å². The summed E-state index contributed by atoms with van der Waals surface area (Å²) < 4.78 is 1.68. The molecule has 0 saturated heterocycles. The highest BCUT2D eigenvalue weighted by molar-refractivity contribution is 6.31. The molecule has 3 aromatic carbocycles. The van der Waals surface area contributed by atoms with Gasteiger partial charge in [0.05, 0.1) is 17.4 Å². The first-order valence-corrected chi connectivity index (χ1v) is 11.0. The minimum absolute atomic E-state index is 0.152. The molecule has 1 aromatic heterocycles. The number of halogens is 2. The number of carbonyl (C=O) groups excluding carboxylic acids is 1. The first kappa shape index (κ1) is 22.1. The topological polar surface area (TPSA) is 64.0 Å². The van der Waals surface area contributed by atoms with Gasteiger partial charge in [-0.25, -0.2) is 4.98 Å². The maximum atomic E-state index is 13.4. The van der Waals surface area contributed by atoms with Gasteiger partial charge in [-0.2, -0.15) is 0 Å². The Morgan fingerprint density at radius 1 is 1.00 bits per heavy atom. The molecule has 0 fully saturated rings. The van der Waals surface area contributed by atoms with E-state index in [0.717, 1.165) is 17.8 Å². The number of hydrogen-bond donors (Lipinski definition) is 1. The van der Waals surface area contributed by atoms with Gasteiger partial charge in [-0.1, -0.05) is 42.3 Å². The van der Waals surface area contributed by atoms with Gasteiger partial charge in [0.25, 0.3) is 11.5 Å².